The number of halogens is 3. The van der Waals surface area contributed by atoms with Crippen LogP contribution < -0.4 is 10.2 Å². The van der Waals surface area contributed by atoms with Crippen molar-refractivity contribution in [3.63, 3.8) is 0 Å². The minimum atomic E-state index is -4.57. The Balaban J connectivity index is 1.43. The molecule has 0 spiro atoms. The maximum absolute atomic E-state index is 13.5. The van der Waals surface area contributed by atoms with Crippen molar-refractivity contribution < 1.29 is 22.4 Å². The first-order chi connectivity index (χ1) is 16.3. The van der Waals surface area contributed by atoms with E-state index in [1.165, 1.54) is 6.07 Å². The Morgan fingerprint density at radius 3 is 2.74 bits per heavy atom. The molecule has 1 amide bonds. The predicted molar refractivity (Wildman–Crippen MR) is 121 cm³/mol. The smallest absolute Gasteiger partial charge is 0.433 e. The largest absolute Gasteiger partial charge is 0.455 e. The molecule has 4 rings (SSSR count). The van der Waals surface area contributed by atoms with Crippen LogP contribution in [0.5, 0.6) is 0 Å². The van der Waals surface area contributed by atoms with E-state index in [1.54, 1.807) is 30.6 Å². The van der Waals surface area contributed by atoms with Crippen molar-refractivity contribution in [2.75, 3.05) is 11.4 Å². The first kappa shape index (κ1) is 24.1. The van der Waals surface area contributed by atoms with Crippen LogP contribution in [0.25, 0.3) is 0 Å². The summed E-state index contributed by atoms with van der Waals surface area (Å²) in [5.41, 5.74) is -0.0698. The Kier molecular flexibility index (Phi) is 7.40. The summed E-state index contributed by atoms with van der Waals surface area (Å²) in [6.45, 7) is 2.98. The number of furan rings is 1. The highest BCUT2D eigenvalue weighted by Crippen LogP contribution is 2.34. The van der Waals surface area contributed by atoms with Gasteiger partial charge < -0.3 is 14.6 Å². The normalized spacial score (nSPS) is 16.5. The summed E-state index contributed by atoms with van der Waals surface area (Å²) in [6.07, 6.45) is 1.57. The van der Waals surface area contributed by atoms with E-state index >= 15 is 0 Å². The third-order valence-corrected chi connectivity index (χ3v) is 6.38. The van der Waals surface area contributed by atoms with E-state index in [0.29, 0.717) is 18.8 Å². The van der Waals surface area contributed by atoms with Crippen LogP contribution in [0.3, 0.4) is 0 Å². The fourth-order valence-electron chi connectivity index (χ4n) is 3.69. The zero-order valence-corrected chi connectivity index (χ0v) is 19.3. The van der Waals surface area contributed by atoms with Gasteiger partial charge >= 0.3 is 6.18 Å². The number of aromatic nitrogens is 3. The minimum absolute atomic E-state index is 0.0164. The number of pyridine rings is 1. The molecule has 0 bridgehead atoms. The fraction of sp³-hybridized carbons (Fsp3) is 0.391. The van der Waals surface area contributed by atoms with Gasteiger partial charge in [-0.15, -0.1) is 0 Å². The minimum Gasteiger partial charge on any atom is -0.455 e. The highest BCUT2D eigenvalue weighted by Gasteiger charge is 2.35. The number of hydrogen-bond acceptors (Lipinski definition) is 7. The number of nitrogens with one attached hydrogen (secondary N) is 1. The van der Waals surface area contributed by atoms with Gasteiger partial charge in [0.25, 0.3) is 5.91 Å². The molecule has 0 aliphatic carbocycles. The summed E-state index contributed by atoms with van der Waals surface area (Å²) in [5, 5.41) is 2.77. The van der Waals surface area contributed by atoms with Crippen LogP contribution in [0.2, 0.25) is 0 Å². The molecule has 4 heterocycles. The van der Waals surface area contributed by atoms with E-state index in [2.05, 4.69) is 20.3 Å². The monoisotopic (exact) mass is 491 g/mol. The lowest BCUT2D eigenvalue weighted by molar-refractivity contribution is -0.141. The van der Waals surface area contributed by atoms with Crippen molar-refractivity contribution in [1.82, 2.24) is 20.3 Å². The van der Waals surface area contributed by atoms with E-state index < -0.39 is 11.9 Å². The first-order valence-corrected chi connectivity index (χ1v) is 11.9. The second kappa shape index (κ2) is 10.5. The van der Waals surface area contributed by atoms with Crippen LogP contribution in [0.4, 0.5) is 19.0 Å². The standard InChI is InChI=1S/C23H24F3N5O2S/c1-15-4-2-3-11-31(15)20-12-19(23(24,25)26)29-22(30-20)34-14-17-5-6-18(33-17)21(32)28-13-16-7-9-27-10-8-16/h5-10,12,15H,2-4,11,13-14H2,1H3,(H,28,32)/t15-/m0/s1. The van der Waals surface area contributed by atoms with Gasteiger partial charge in [0.2, 0.25) is 0 Å². The SMILES string of the molecule is C[C@H]1CCCCN1c1cc(C(F)(F)F)nc(SCc2ccc(C(=O)NCc3ccncc3)o2)n1. The lowest BCUT2D eigenvalue weighted by Gasteiger charge is -2.34. The molecular formula is C23H24F3N5O2S. The van der Waals surface area contributed by atoms with Crippen LogP contribution in [0, 0.1) is 0 Å². The van der Waals surface area contributed by atoms with Crippen molar-refractivity contribution in [3.8, 4) is 0 Å². The molecule has 11 heteroatoms. The molecule has 1 aliphatic rings. The molecule has 3 aromatic heterocycles. The van der Waals surface area contributed by atoms with Gasteiger partial charge in [0.1, 0.15) is 11.6 Å². The molecule has 0 aromatic carbocycles. The van der Waals surface area contributed by atoms with Crippen molar-refractivity contribution >= 4 is 23.5 Å². The number of anilines is 1. The average Bonchev–Trinajstić information content (AvgIpc) is 3.31. The van der Waals surface area contributed by atoms with Gasteiger partial charge in [0.05, 0.1) is 5.75 Å². The molecule has 1 N–H and O–H groups in total. The van der Waals surface area contributed by atoms with Crippen LogP contribution in [0.15, 0.2) is 52.3 Å². The number of nitrogens with zero attached hydrogens (tertiary/aromatic N) is 4. The first-order valence-electron chi connectivity index (χ1n) is 10.9. The summed E-state index contributed by atoms with van der Waals surface area (Å²) >= 11 is 1.04. The maximum atomic E-state index is 13.5. The van der Waals surface area contributed by atoms with E-state index in [1.807, 2.05) is 11.8 Å². The molecule has 0 radical (unpaired) electrons. The summed E-state index contributed by atoms with van der Waals surface area (Å²) in [6, 6.07) is 7.86. The zero-order chi connectivity index (χ0) is 24.1. The average molecular weight is 492 g/mol. The summed E-state index contributed by atoms with van der Waals surface area (Å²) < 4.78 is 46.0. The fourth-order valence-corrected chi connectivity index (χ4v) is 4.44. The number of alkyl halides is 3. The van der Waals surface area contributed by atoms with E-state index in [4.69, 9.17) is 4.42 Å². The highest BCUT2D eigenvalue weighted by atomic mass is 32.2. The number of carbonyl (C=O) groups excluding carboxylic acids is 1. The van der Waals surface area contributed by atoms with Gasteiger partial charge in [-0.05, 0) is 56.0 Å². The number of piperidine rings is 1. The van der Waals surface area contributed by atoms with Gasteiger partial charge in [-0.1, -0.05) is 11.8 Å². The lowest BCUT2D eigenvalue weighted by Crippen LogP contribution is -2.38. The molecule has 3 aromatic rings. The molecule has 7 nitrogen and oxygen atoms in total. The molecule has 0 saturated carbocycles. The molecule has 180 valence electrons. The Labute approximate surface area is 199 Å². The number of thioether (sulfide) groups is 1. The summed E-state index contributed by atoms with van der Waals surface area (Å²) in [4.78, 5) is 26.3. The number of amides is 1. The Morgan fingerprint density at radius 2 is 2.00 bits per heavy atom. The molecule has 34 heavy (non-hydrogen) atoms. The Bertz CT molecular complexity index is 1120. The van der Waals surface area contributed by atoms with Crippen LogP contribution in [-0.4, -0.2) is 33.4 Å². The van der Waals surface area contributed by atoms with Crippen LogP contribution in [0.1, 0.15) is 53.8 Å². The van der Waals surface area contributed by atoms with Gasteiger partial charge in [0, 0.05) is 37.6 Å². The van der Waals surface area contributed by atoms with Gasteiger partial charge in [-0.25, -0.2) is 9.97 Å². The number of carbonyl (C=O) groups is 1. The maximum Gasteiger partial charge on any atom is 0.433 e. The van der Waals surface area contributed by atoms with E-state index in [-0.39, 0.29) is 34.4 Å². The van der Waals surface area contributed by atoms with Crippen molar-refractivity contribution in [1.29, 1.82) is 0 Å². The predicted octanol–water partition coefficient (Wildman–Crippen LogP) is 5.08. The summed E-state index contributed by atoms with van der Waals surface area (Å²) in [7, 11) is 0. The van der Waals surface area contributed by atoms with Crippen molar-refractivity contribution in [2.24, 2.45) is 0 Å². The van der Waals surface area contributed by atoms with Gasteiger partial charge in [-0.3, -0.25) is 9.78 Å². The second-order valence-corrected chi connectivity index (χ2v) is 8.97. The number of hydrogen-bond donors (Lipinski definition) is 1. The Hall–Kier alpha value is -3.08. The molecule has 1 aliphatic heterocycles. The second-order valence-electron chi connectivity index (χ2n) is 8.02. The molecule has 1 saturated heterocycles. The lowest BCUT2D eigenvalue weighted by atomic mass is 10.0. The third kappa shape index (κ3) is 6.07. The third-order valence-electron chi connectivity index (χ3n) is 5.51. The highest BCUT2D eigenvalue weighted by molar-refractivity contribution is 7.98. The molecule has 1 fully saturated rings. The van der Waals surface area contributed by atoms with E-state index in [0.717, 1.165) is 42.7 Å². The van der Waals surface area contributed by atoms with E-state index in [9.17, 15) is 18.0 Å². The quantitative estimate of drug-likeness (QED) is 0.364. The number of rotatable bonds is 7. The van der Waals surface area contributed by atoms with Crippen LogP contribution >= 0.6 is 11.8 Å². The molecular weight excluding hydrogens is 467 g/mol. The molecule has 0 unspecified atom stereocenters. The van der Waals surface area contributed by atoms with Gasteiger partial charge in [0.15, 0.2) is 16.6 Å². The Morgan fingerprint density at radius 1 is 1.21 bits per heavy atom. The molecule has 1 atom stereocenters. The van der Waals surface area contributed by atoms with Crippen molar-refractivity contribution in [2.45, 2.75) is 55.9 Å². The zero-order valence-electron chi connectivity index (χ0n) is 18.5. The van der Waals surface area contributed by atoms with Gasteiger partial charge in [-0.2, -0.15) is 13.2 Å². The van der Waals surface area contributed by atoms with Crippen LogP contribution in [-0.2, 0) is 18.5 Å². The summed E-state index contributed by atoms with van der Waals surface area (Å²) in [5.74, 6) is 0.649. The van der Waals surface area contributed by atoms with Crippen molar-refractivity contribution in [3.05, 3.63) is 65.5 Å². The topological polar surface area (TPSA) is 84.2 Å².